The summed E-state index contributed by atoms with van der Waals surface area (Å²) in [5, 5.41) is 21.3. The van der Waals surface area contributed by atoms with Crippen LogP contribution < -0.4 is 16.1 Å². The lowest BCUT2D eigenvalue weighted by molar-refractivity contribution is -0.732. The zero-order valence-corrected chi connectivity index (χ0v) is 36.5. The second kappa shape index (κ2) is 18.3. The van der Waals surface area contributed by atoms with Gasteiger partial charge in [-0.2, -0.15) is 0 Å². The van der Waals surface area contributed by atoms with Gasteiger partial charge in [0.05, 0.1) is 37.4 Å². The number of ether oxygens (including phenoxy) is 2. The van der Waals surface area contributed by atoms with E-state index in [1.807, 2.05) is 38.2 Å². The summed E-state index contributed by atoms with van der Waals surface area (Å²) in [4.78, 5) is 61.6. The summed E-state index contributed by atoms with van der Waals surface area (Å²) in [7, 11) is 3.29. The molecule has 4 aromatic rings. The molecule has 2 saturated heterocycles. The molecule has 2 fully saturated rings. The fourth-order valence-corrected chi connectivity index (χ4v) is 9.30. The van der Waals surface area contributed by atoms with Crippen LogP contribution in [0.15, 0.2) is 54.9 Å². The molecule has 0 radical (unpaired) electrons. The van der Waals surface area contributed by atoms with Crippen molar-refractivity contribution in [2.75, 3.05) is 40.4 Å². The van der Waals surface area contributed by atoms with Crippen LogP contribution in [0, 0.1) is 16.2 Å². The van der Waals surface area contributed by atoms with Crippen molar-refractivity contribution < 1.29 is 33.8 Å². The highest BCUT2D eigenvalue weighted by molar-refractivity contribution is 5.95. The van der Waals surface area contributed by atoms with Crippen molar-refractivity contribution in [1.82, 2.24) is 35.6 Å². The zero-order valence-electron chi connectivity index (χ0n) is 36.5. The number of nitroso groups, excluding NO2 is 1. The number of likely N-dealkylation sites (N-methyl/N-ethyl adjacent to an activating group) is 1. The fourth-order valence-electron chi connectivity index (χ4n) is 9.30. The number of methoxy groups -OCH3 is 1. The smallest absolute Gasteiger partial charge is 0.324 e. The van der Waals surface area contributed by atoms with Crippen LogP contribution in [-0.2, 0) is 49.9 Å². The SMILES string of the molecule is CCn1c(-c2cnccc2COC)c2c3cc(ccc31)-c1cc(O)cc(c1)C[C@H](NC(=O)[C@H](C(C)C)N(C)[N+](=O)[C@H]1CCNC1)C(=O)N1CCC[C@H](N1)C(=O)OCC(C)(C)C2. The number of hydrogen-bond donors (Lipinski definition) is 4. The number of cyclic esters (lactones) is 1. The number of carbonyl (C=O) groups excluding carboxylic acids is 3. The lowest BCUT2D eigenvalue weighted by atomic mass is 9.84. The summed E-state index contributed by atoms with van der Waals surface area (Å²) in [6, 6.07) is 10.4. The number of esters is 1. The fraction of sp³-hybridized carbons (Fsp3) is 0.522. The van der Waals surface area contributed by atoms with Gasteiger partial charge in [0.25, 0.3) is 5.91 Å². The normalized spacial score (nSPS) is 21.2. The third-order valence-electron chi connectivity index (χ3n) is 12.3. The third kappa shape index (κ3) is 9.29. The maximum absolute atomic E-state index is 14.6. The molecular weight excluding hydrogens is 777 g/mol. The van der Waals surface area contributed by atoms with Crippen molar-refractivity contribution in [1.29, 1.82) is 0 Å². The van der Waals surface area contributed by atoms with Crippen molar-refractivity contribution in [3.05, 3.63) is 76.5 Å². The van der Waals surface area contributed by atoms with Crippen LogP contribution in [0.3, 0.4) is 0 Å². The standard InChI is InChI=1S/C46H60N8O7/c1-8-52-40-12-11-30-22-35(40)36(42(52)37-25-48-15-13-31(37)26-60-7)23-46(4,5)27-61-45(58)38-10-9-17-53(50-38)44(57)39(20-29-18-32(30)21-34(55)19-29)49-43(56)41(28(2)3)51(6)54(59)33-14-16-47-24-33/h11-13,15,18-19,21-22,25,28,33,38-39,41,47,50H,8-10,14,16-17,20,23-24,26-27H2,1-7H3,(H-,49,55,56)/p+1/t33-,38-,39-,41-/m0/s1. The molecule has 3 aliphatic heterocycles. The molecule has 0 saturated carbocycles. The lowest BCUT2D eigenvalue weighted by Crippen LogP contribution is -2.62. The molecule has 4 N–H and O–H groups in total. The highest BCUT2D eigenvalue weighted by Crippen LogP contribution is 2.41. The van der Waals surface area contributed by atoms with E-state index < -0.39 is 41.3 Å². The van der Waals surface area contributed by atoms with Gasteiger partial charge in [-0.05, 0) is 90.3 Å². The summed E-state index contributed by atoms with van der Waals surface area (Å²) in [6.07, 6.45) is 5.90. The number of rotatable bonds is 10. The summed E-state index contributed by atoms with van der Waals surface area (Å²) < 4.78 is 14.0. The molecule has 5 heterocycles. The second-order valence-corrected chi connectivity index (χ2v) is 17.9. The Morgan fingerprint density at radius 3 is 2.67 bits per heavy atom. The monoisotopic (exact) mass is 837 g/mol. The van der Waals surface area contributed by atoms with Crippen LogP contribution in [-0.4, -0.2) is 112 Å². The molecule has 0 aliphatic carbocycles. The largest absolute Gasteiger partial charge is 0.508 e. The molecule has 6 bridgehead atoms. The second-order valence-electron chi connectivity index (χ2n) is 17.9. The van der Waals surface area contributed by atoms with E-state index in [1.54, 1.807) is 32.5 Å². The van der Waals surface area contributed by atoms with E-state index in [2.05, 4.69) is 58.5 Å². The van der Waals surface area contributed by atoms with E-state index in [1.165, 1.54) is 10.0 Å². The molecular formula is C46H61N8O7+. The first kappa shape index (κ1) is 43.7. The molecule has 2 amide bonds. The predicted octanol–water partition coefficient (Wildman–Crippen LogP) is 4.90. The zero-order chi connectivity index (χ0) is 43.6. The van der Waals surface area contributed by atoms with Gasteiger partial charge in [-0.25, -0.2) is 5.43 Å². The molecule has 15 heteroatoms. The molecule has 3 aliphatic rings. The number of benzene rings is 2. The average Bonchev–Trinajstić information content (AvgIpc) is 3.88. The van der Waals surface area contributed by atoms with E-state index in [0.717, 1.165) is 55.8 Å². The molecule has 15 nitrogen and oxygen atoms in total. The minimum Gasteiger partial charge on any atom is -0.508 e. The molecule has 326 valence electrons. The van der Waals surface area contributed by atoms with E-state index in [0.29, 0.717) is 57.5 Å². The number of aromatic hydroxyl groups is 1. The molecule has 0 unspecified atom stereocenters. The van der Waals surface area contributed by atoms with Crippen molar-refractivity contribution in [2.45, 2.75) is 104 Å². The predicted molar refractivity (Wildman–Crippen MR) is 232 cm³/mol. The Kier molecular flexibility index (Phi) is 13.1. The quantitative estimate of drug-likeness (QED) is 0.0974. The first-order valence-electron chi connectivity index (χ1n) is 21.5. The van der Waals surface area contributed by atoms with Gasteiger partial charge in [-0.3, -0.25) is 24.4 Å². The van der Waals surface area contributed by atoms with Crippen LogP contribution in [0.4, 0.5) is 0 Å². The lowest BCUT2D eigenvalue weighted by Gasteiger charge is -2.36. The first-order chi connectivity index (χ1) is 29.2. The molecule has 2 aromatic heterocycles. The number of carbonyl (C=O) groups is 3. The Labute approximate surface area is 357 Å². The molecule has 2 aromatic carbocycles. The van der Waals surface area contributed by atoms with Crippen LogP contribution >= 0.6 is 0 Å². The maximum Gasteiger partial charge on any atom is 0.324 e. The summed E-state index contributed by atoms with van der Waals surface area (Å²) in [5.74, 6) is -1.64. The van der Waals surface area contributed by atoms with Crippen molar-refractivity contribution >= 4 is 28.7 Å². The Morgan fingerprint density at radius 2 is 1.95 bits per heavy atom. The first-order valence-corrected chi connectivity index (χ1v) is 21.5. The number of aryl methyl sites for hydroxylation is 1. The van der Waals surface area contributed by atoms with Gasteiger partial charge in [0.1, 0.15) is 22.7 Å². The maximum atomic E-state index is 14.6. The molecule has 0 spiro atoms. The van der Waals surface area contributed by atoms with Gasteiger partial charge < -0.3 is 29.8 Å². The van der Waals surface area contributed by atoms with Crippen molar-refractivity contribution in [3.63, 3.8) is 0 Å². The Morgan fingerprint density at radius 1 is 1.15 bits per heavy atom. The number of hydrazine groups is 2. The van der Waals surface area contributed by atoms with E-state index in [9.17, 15) is 24.4 Å². The van der Waals surface area contributed by atoms with Crippen LogP contribution in [0.2, 0.25) is 0 Å². The average molecular weight is 838 g/mol. The van der Waals surface area contributed by atoms with E-state index in [4.69, 9.17) is 9.47 Å². The highest BCUT2D eigenvalue weighted by Gasteiger charge is 2.42. The number of phenols is 1. The number of hydrogen-bond acceptors (Lipinski definition) is 10. The number of nitrogens with one attached hydrogen (secondary N) is 3. The topological polar surface area (TPSA) is 170 Å². The molecule has 4 atom stereocenters. The minimum absolute atomic E-state index is 0.0122. The summed E-state index contributed by atoms with van der Waals surface area (Å²) in [6.45, 7) is 12.8. The van der Waals surface area contributed by atoms with Crippen LogP contribution in [0.25, 0.3) is 33.3 Å². The van der Waals surface area contributed by atoms with E-state index >= 15 is 0 Å². The van der Waals surface area contributed by atoms with Crippen LogP contribution in [0.1, 0.15) is 70.6 Å². The third-order valence-corrected chi connectivity index (χ3v) is 12.3. The van der Waals surface area contributed by atoms with Crippen molar-refractivity contribution in [3.8, 4) is 28.1 Å². The minimum atomic E-state index is -1.11. The van der Waals surface area contributed by atoms with Gasteiger partial charge >= 0.3 is 5.97 Å². The molecule has 61 heavy (non-hydrogen) atoms. The Bertz CT molecular complexity index is 2280. The van der Waals surface area contributed by atoms with Gasteiger partial charge in [0.2, 0.25) is 11.9 Å². The Balaban J connectivity index is 1.34. The molecule has 7 rings (SSSR count). The summed E-state index contributed by atoms with van der Waals surface area (Å²) in [5.41, 5.74) is 9.90. The summed E-state index contributed by atoms with van der Waals surface area (Å²) >= 11 is 0. The number of aromatic nitrogens is 2. The van der Waals surface area contributed by atoms with Gasteiger partial charge in [0, 0.05) is 73.9 Å². The van der Waals surface area contributed by atoms with E-state index in [-0.39, 0.29) is 30.7 Å². The number of phenolic OH excluding ortho intramolecular Hbond substituents is 1. The number of amides is 2. The van der Waals surface area contributed by atoms with Gasteiger partial charge in [-0.15, -0.1) is 5.01 Å². The van der Waals surface area contributed by atoms with Gasteiger partial charge in [0.15, 0.2) is 6.04 Å². The van der Waals surface area contributed by atoms with Crippen LogP contribution in [0.5, 0.6) is 5.75 Å². The Hall–Kier alpha value is -5.38. The number of fused-ring (bicyclic) bond motifs is 6. The number of pyridine rings is 1. The number of nitrogens with zero attached hydrogens (tertiary/aromatic N) is 5. The van der Waals surface area contributed by atoms with Gasteiger partial charge in [-0.1, -0.05) is 39.8 Å². The van der Waals surface area contributed by atoms with Crippen molar-refractivity contribution in [2.24, 2.45) is 11.3 Å². The highest BCUT2D eigenvalue weighted by atomic mass is 16.5.